The minimum absolute atomic E-state index is 0.136. The van der Waals surface area contributed by atoms with Gasteiger partial charge in [0.2, 0.25) is 5.95 Å². The van der Waals surface area contributed by atoms with Gasteiger partial charge in [-0.05, 0) is 0 Å². The third-order valence-electron chi connectivity index (χ3n) is 5.72. The second-order valence-electron chi connectivity index (χ2n) is 8.48. The van der Waals surface area contributed by atoms with Crippen molar-refractivity contribution in [2.75, 3.05) is 12.3 Å². The number of fused-ring (bicyclic) bond motifs is 1. The number of aromatic amines is 1. The monoisotopic (exact) mass is 619 g/mol. The molecule has 0 spiro atoms. The summed E-state index contributed by atoms with van der Waals surface area (Å²) in [6, 6.07) is 0. The Morgan fingerprint density at radius 1 is 1.05 bits per heavy atom. The molecule has 22 nitrogen and oxygen atoms in total. The molecule has 40 heavy (non-hydrogen) atoms. The van der Waals surface area contributed by atoms with E-state index < -0.39 is 89.0 Å². The Labute approximate surface area is 220 Å². The summed E-state index contributed by atoms with van der Waals surface area (Å²) in [6.07, 6.45) is -16.8. The van der Waals surface area contributed by atoms with Crippen molar-refractivity contribution in [2.45, 2.75) is 55.2 Å². The molecule has 0 bridgehead atoms. The third kappa shape index (κ3) is 6.10. The molecule has 2 aliphatic heterocycles. The van der Waals surface area contributed by atoms with Gasteiger partial charge in [-0.2, -0.15) is 9.29 Å². The van der Waals surface area contributed by atoms with Gasteiger partial charge < -0.3 is 55.6 Å². The maximum absolute atomic E-state index is 12.3. The number of carboxylic acid groups (broad SMARTS) is 1. The van der Waals surface area contributed by atoms with Gasteiger partial charge in [0.15, 0.2) is 29.8 Å². The van der Waals surface area contributed by atoms with Crippen LogP contribution in [0.25, 0.3) is 11.2 Å². The molecular weight excluding hydrogens is 596 g/mol. The van der Waals surface area contributed by atoms with E-state index in [4.69, 9.17) is 15.6 Å². The van der Waals surface area contributed by atoms with Crippen LogP contribution < -0.4 is 11.3 Å². The minimum Gasteiger partial charge on any atom is -0.479 e. The molecule has 2 aromatic rings. The van der Waals surface area contributed by atoms with Crippen LogP contribution in [0, 0.1) is 0 Å². The molecule has 0 aromatic carbocycles. The van der Waals surface area contributed by atoms with Crippen LogP contribution in [0.4, 0.5) is 5.95 Å². The first-order chi connectivity index (χ1) is 18.5. The van der Waals surface area contributed by atoms with E-state index in [-0.39, 0.29) is 17.1 Å². The second-order valence-corrected chi connectivity index (χ2v) is 11.5. The molecule has 4 heterocycles. The molecule has 2 fully saturated rings. The van der Waals surface area contributed by atoms with Crippen LogP contribution in [0.2, 0.25) is 0 Å². The van der Waals surface area contributed by atoms with Gasteiger partial charge in [0.05, 0.1) is 12.9 Å². The highest BCUT2D eigenvalue weighted by atomic mass is 31.3. The number of imidazole rings is 1. The lowest BCUT2D eigenvalue weighted by molar-refractivity contribution is -0.274. The Balaban J connectivity index is 1.40. The van der Waals surface area contributed by atoms with Crippen LogP contribution in [0.1, 0.15) is 6.23 Å². The topological polar surface area (TPSA) is 349 Å². The Morgan fingerprint density at radius 2 is 1.73 bits per heavy atom. The number of hydrogen-bond donors (Lipinski definition) is 10. The molecule has 11 atom stereocenters. The average Bonchev–Trinajstić information content (AvgIpc) is 3.38. The van der Waals surface area contributed by atoms with E-state index >= 15 is 0 Å². The zero-order valence-electron chi connectivity index (χ0n) is 19.5. The molecular formula is C16H23N5O17P2. The molecule has 4 rings (SSSR count). The van der Waals surface area contributed by atoms with Gasteiger partial charge in [-0.1, -0.05) is 0 Å². The Morgan fingerprint density at radius 3 is 2.38 bits per heavy atom. The van der Waals surface area contributed by atoms with E-state index in [2.05, 4.69) is 33.0 Å². The van der Waals surface area contributed by atoms with Gasteiger partial charge in [-0.3, -0.25) is 23.4 Å². The number of nitrogen functional groups attached to an aromatic ring is 1. The number of anilines is 1. The van der Waals surface area contributed by atoms with E-state index in [0.717, 1.165) is 10.9 Å². The molecule has 0 saturated carbocycles. The van der Waals surface area contributed by atoms with Crippen LogP contribution in [0.5, 0.6) is 0 Å². The molecule has 224 valence electrons. The van der Waals surface area contributed by atoms with Gasteiger partial charge in [-0.25, -0.2) is 18.9 Å². The summed E-state index contributed by atoms with van der Waals surface area (Å²) in [5.74, 6) is -2.14. The fraction of sp³-hybridized carbons (Fsp3) is 0.625. The van der Waals surface area contributed by atoms with Crippen LogP contribution in [-0.2, 0) is 36.8 Å². The molecule has 0 aliphatic carbocycles. The normalized spacial score (nSPS) is 35.8. The highest BCUT2D eigenvalue weighted by molar-refractivity contribution is 7.61. The number of carbonyl (C=O) groups is 1. The molecule has 0 amide bonds. The predicted molar refractivity (Wildman–Crippen MR) is 121 cm³/mol. The molecule has 2 aromatic heterocycles. The summed E-state index contributed by atoms with van der Waals surface area (Å²) in [7, 11) is -11.3. The zero-order valence-corrected chi connectivity index (χ0v) is 21.3. The standard InChI is InChI=1S/C16H23N5O17P2/c17-16-19-11-4(12(27)20-16)18-2-21(11)13-8(25)5(22)3(35-13)1-34-39(30,31)38-40(32,33)37-15-9(26)6(23)7(24)10(36-15)14(28)29/h2-3,5-10,13,15,22-26H,1H2,(H,28,29)(H,30,31)(H,32,33)(H3,17,19,20,27). The number of hydrogen-bond acceptors (Lipinski definition) is 17. The smallest absolute Gasteiger partial charge is 0.479 e. The fourth-order valence-corrected chi connectivity index (χ4v) is 6.00. The molecule has 11 unspecified atom stereocenters. The lowest BCUT2D eigenvalue weighted by Gasteiger charge is -2.38. The number of carboxylic acids is 1. The zero-order chi connectivity index (χ0) is 29.7. The number of aromatic nitrogens is 4. The Kier molecular flexibility index (Phi) is 8.49. The van der Waals surface area contributed by atoms with Gasteiger partial charge in [0.25, 0.3) is 5.56 Å². The Bertz CT molecular complexity index is 1420. The number of phosphoric ester groups is 2. The number of aliphatic carboxylic acids is 1. The summed E-state index contributed by atoms with van der Waals surface area (Å²) in [5, 5.41) is 59.0. The Hall–Kier alpha value is -2.40. The number of nitrogens with zero attached hydrogens (tertiary/aromatic N) is 3. The summed E-state index contributed by atoms with van der Waals surface area (Å²) < 4.78 is 48.6. The minimum atomic E-state index is -5.73. The van der Waals surface area contributed by atoms with Gasteiger partial charge >= 0.3 is 21.6 Å². The quantitative estimate of drug-likeness (QED) is 0.118. The number of aliphatic hydroxyl groups is 5. The summed E-state index contributed by atoms with van der Waals surface area (Å²) >= 11 is 0. The number of ether oxygens (including phenoxy) is 2. The number of phosphoric acid groups is 2. The van der Waals surface area contributed by atoms with Crippen molar-refractivity contribution in [3.63, 3.8) is 0 Å². The third-order valence-corrected chi connectivity index (χ3v) is 8.32. The first kappa shape index (κ1) is 30.6. The number of nitrogens with one attached hydrogen (secondary N) is 1. The average molecular weight is 619 g/mol. The highest BCUT2D eigenvalue weighted by Gasteiger charge is 2.51. The summed E-state index contributed by atoms with van der Waals surface area (Å²) in [4.78, 5) is 52.7. The number of aliphatic hydroxyl groups excluding tert-OH is 5. The molecule has 2 aliphatic rings. The fourth-order valence-electron chi connectivity index (χ4n) is 3.84. The second kappa shape index (κ2) is 11.1. The predicted octanol–water partition coefficient (Wildman–Crippen LogP) is -4.54. The van der Waals surface area contributed by atoms with E-state index in [1.165, 1.54) is 0 Å². The van der Waals surface area contributed by atoms with Gasteiger partial charge in [-0.15, -0.1) is 0 Å². The van der Waals surface area contributed by atoms with E-state index in [0.29, 0.717) is 0 Å². The van der Waals surface area contributed by atoms with Crippen molar-refractivity contribution < 1.29 is 77.2 Å². The first-order valence-electron chi connectivity index (χ1n) is 10.9. The SMILES string of the molecule is Nc1nc2c(ncn2C2OC(COP(=O)(O)OP(=O)(O)OC3OC(C(=O)O)C(O)C(O)C3O)C(O)C2O)c(=O)[nH]1. The van der Waals surface area contributed by atoms with Crippen LogP contribution in [0.15, 0.2) is 11.1 Å². The summed E-state index contributed by atoms with van der Waals surface area (Å²) in [5.41, 5.74) is 4.48. The van der Waals surface area contributed by atoms with Gasteiger partial charge in [0.1, 0.15) is 36.6 Å². The van der Waals surface area contributed by atoms with Crippen molar-refractivity contribution in [3.05, 3.63) is 16.7 Å². The maximum atomic E-state index is 12.3. The largest absolute Gasteiger partial charge is 0.483 e. The van der Waals surface area contributed by atoms with E-state index in [9.17, 15) is 54.0 Å². The van der Waals surface area contributed by atoms with E-state index in [1.54, 1.807) is 0 Å². The maximum Gasteiger partial charge on any atom is 0.483 e. The van der Waals surface area contributed by atoms with Crippen LogP contribution in [-0.4, -0.2) is 122 Å². The molecule has 0 radical (unpaired) electrons. The number of H-pyrrole nitrogens is 1. The van der Waals surface area contributed by atoms with Crippen molar-refractivity contribution >= 4 is 38.7 Å². The summed E-state index contributed by atoms with van der Waals surface area (Å²) in [6.45, 7) is -1.04. The highest BCUT2D eigenvalue weighted by Crippen LogP contribution is 2.61. The van der Waals surface area contributed by atoms with Crippen LogP contribution in [0.3, 0.4) is 0 Å². The molecule has 11 N–H and O–H groups in total. The van der Waals surface area contributed by atoms with Crippen molar-refractivity contribution in [2.24, 2.45) is 0 Å². The molecule has 24 heteroatoms. The van der Waals surface area contributed by atoms with E-state index in [1.807, 2.05) is 0 Å². The lowest BCUT2D eigenvalue weighted by Crippen LogP contribution is -2.60. The van der Waals surface area contributed by atoms with Crippen molar-refractivity contribution in [1.82, 2.24) is 19.5 Å². The number of rotatable bonds is 9. The van der Waals surface area contributed by atoms with Gasteiger partial charge in [0, 0.05) is 0 Å². The molecule has 2 saturated heterocycles. The van der Waals surface area contributed by atoms with Crippen LogP contribution >= 0.6 is 15.6 Å². The van der Waals surface area contributed by atoms with Crippen molar-refractivity contribution in [1.29, 1.82) is 0 Å². The number of nitrogens with two attached hydrogens (primary N) is 1. The first-order valence-corrected chi connectivity index (χ1v) is 13.9. The lowest BCUT2D eigenvalue weighted by atomic mass is 9.99. The van der Waals surface area contributed by atoms with Crippen molar-refractivity contribution in [3.8, 4) is 0 Å².